The summed E-state index contributed by atoms with van der Waals surface area (Å²) < 4.78 is 64.2. The molecule has 0 spiro atoms. The van der Waals surface area contributed by atoms with Crippen molar-refractivity contribution in [3.8, 4) is 0 Å². The fraction of sp³-hybridized carbons (Fsp3) is 0.828. The molecular weight excluding hydrogens is 818 g/mol. The smallest absolute Gasteiger partial charge is 0.394 e. The summed E-state index contributed by atoms with van der Waals surface area (Å²) >= 11 is 0. The summed E-state index contributed by atoms with van der Waals surface area (Å²) in [4.78, 5) is 49.2. The third-order valence-electron chi connectivity index (χ3n) is 9.57. The van der Waals surface area contributed by atoms with Crippen LogP contribution in [0.1, 0.15) is 26.0 Å². The van der Waals surface area contributed by atoms with Crippen molar-refractivity contribution in [2.24, 2.45) is 0 Å². The summed E-state index contributed by atoms with van der Waals surface area (Å²) in [5.41, 5.74) is 2.39. The zero-order chi connectivity index (χ0) is 42.6. The molecule has 2 unspecified atom stereocenters. The number of aliphatic hydroxyl groups is 9. The third-order valence-corrected chi connectivity index (χ3v) is 11.8. The van der Waals surface area contributed by atoms with Gasteiger partial charge in [-0.25, -0.2) is 9.36 Å². The van der Waals surface area contributed by atoms with Crippen LogP contribution in [0, 0.1) is 0 Å². The first-order valence-corrected chi connectivity index (χ1v) is 20.6. The zero-order valence-electron chi connectivity index (χ0n) is 30.5. The van der Waals surface area contributed by atoms with Gasteiger partial charge in [-0.15, -0.1) is 0 Å². The Hall–Kier alpha value is -2.11. The van der Waals surface area contributed by atoms with Crippen molar-refractivity contribution in [1.29, 1.82) is 0 Å². The van der Waals surface area contributed by atoms with Gasteiger partial charge in [0.2, 0.25) is 5.91 Å². The van der Waals surface area contributed by atoms with Crippen LogP contribution >= 0.6 is 15.4 Å². The number of carbonyl (C=O) groups excluding carboxylic acids is 1. The van der Waals surface area contributed by atoms with Crippen LogP contribution < -0.4 is 16.7 Å². The highest BCUT2D eigenvalue weighted by Crippen LogP contribution is 2.50. The highest BCUT2D eigenvalue weighted by molar-refractivity contribution is 7.52. The van der Waals surface area contributed by atoms with Crippen LogP contribution in [-0.2, 0) is 46.4 Å². The maximum absolute atomic E-state index is 13.4. The van der Waals surface area contributed by atoms with E-state index in [1.807, 2.05) is 0 Å². The van der Waals surface area contributed by atoms with Gasteiger partial charge in [-0.1, -0.05) is 0 Å². The van der Waals surface area contributed by atoms with Gasteiger partial charge in [0.05, 0.1) is 50.3 Å². The summed E-state index contributed by atoms with van der Waals surface area (Å²) in [6.07, 6.45) is -23.4. The minimum Gasteiger partial charge on any atom is -0.394 e. The van der Waals surface area contributed by atoms with Crippen LogP contribution in [0.25, 0.3) is 0 Å². The lowest BCUT2D eigenvalue weighted by atomic mass is 9.82. The van der Waals surface area contributed by atoms with Crippen molar-refractivity contribution in [2.45, 2.75) is 111 Å². The van der Waals surface area contributed by atoms with E-state index in [1.54, 1.807) is 0 Å². The van der Waals surface area contributed by atoms with Crippen LogP contribution in [-0.4, -0.2) is 196 Å². The molecule has 1 aromatic rings. The Kier molecular flexibility index (Phi) is 16.3. The van der Waals surface area contributed by atoms with Gasteiger partial charge in [0.25, 0.3) is 0 Å². The van der Waals surface area contributed by atoms with Gasteiger partial charge in [-0.05, 0) is 12.5 Å². The topological polar surface area (TPSA) is 411 Å². The quantitative estimate of drug-likeness (QED) is 0.0610. The molecule has 0 bridgehead atoms. The van der Waals surface area contributed by atoms with E-state index in [0.717, 1.165) is 24.8 Å². The van der Waals surface area contributed by atoms with Gasteiger partial charge < -0.3 is 90.3 Å². The molecule has 1 amide bonds. The molecule has 4 rings (SSSR count). The predicted octanol–water partition coefficient (Wildman–Crippen LogP) is -6.27. The van der Waals surface area contributed by atoms with Gasteiger partial charge in [0.15, 0.2) is 12.5 Å². The van der Waals surface area contributed by atoms with Gasteiger partial charge in [0, 0.05) is 26.7 Å². The number of phosphoric ester groups is 1. The van der Waals surface area contributed by atoms with E-state index in [2.05, 4.69) is 10.3 Å². The first-order valence-electron chi connectivity index (χ1n) is 17.3. The maximum Gasteiger partial charge on any atom is 0.472 e. The Morgan fingerprint density at radius 2 is 1.65 bits per heavy atom. The normalized spacial score (nSPS) is 37.8. The molecule has 328 valence electrons. The number of hydrogen-bond acceptors (Lipinski definition) is 22. The Bertz CT molecular complexity index is 1660. The number of anilines is 1. The molecular formula is C29H50N4O22P2. The van der Waals surface area contributed by atoms with Crippen molar-refractivity contribution in [3.63, 3.8) is 0 Å². The molecule has 26 nitrogen and oxygen atoms in total. The second-order valence-electron chi connectivity index (χ2n) is 13.8. The second-order valence-corrected chi connectivity index (χ2v) is 17.2. The van der Waals surface area contributed by atoms with E-state index in [0.29, 0.717) is 0 Å². The monoisotopic (exact) mass is 868 g/mol. The van der Waals surface area contributed by atoms with Crippen LogP contribution in [0.2, 0.25) is 0 Å². The van der Waals surface area contributed by atoms with E-state index in [1.165, 1.54) is 6.07 Å². The third kappa shape index (κ3) is 11.8. The molecule has 28 heteroatoms. The molecule has 57 heavy (non-hydrogen) atoms. The average molecular weight is 869 g/mol. The number of rotatable bonds is 18. The van der Waals surface area contributed by atoms with E-state index in [-0.39, 0.29) is 5.82 Å². The number of methoxy groups -OCH3 is 1. The fourth-order valence-electron chi connectivity index (χ4n) is 6.45. The summed E-state index contributed by atoms with van der Waals surface area (Å²) in [6.45, 7) is -2.84. The number of nitrogens with two attached hydrogens (primary N) is 1. The van der Waals surface area contributed by atoms with Gasteiger partial charge in [0.1, 0.15) is 66.9 Å². The van der Waals surface area contributed by atoms with Crippen molar-refractivity contribution in [3.05, 3.63) is 22.7 Å². The predicted molar refractivity (Wildman–Crippen MR) is 184 cm³/mol. The standard InChI is InChI=1S/C29H50N4O22P2/c1-12(35)31-18-13(36)7-29(55-25(18)19(38)14(37)8-34,11-52-57(47,48)51-10-16-20(39)22(41)24(43)27(49-2)54-16)4-6-56(45,46)50-9-15-21(40)23(42)26(53-15)33-5-3-17(30)32-28(33)44/h3,5,13-16,18-27,34,36-43H,4,6-11H2,1-2H3,(H,31,35)(H,45,46)(H,47,48)(H2,30,32,44)/t13-,14+,15+,16+,18+,19+,20-,21+,22-,23+,24+,25+,26+,27+,29-/m0/s1. The number of nitrogens with one attached hydrogen (secondary N) is 1. The number of nitrogen functional groups attached to an aromatic ring is 1. The van der Waals surface area contributed by atoms with Gasteiger partial charge in [-0.3, -0.25) is 23.0 Å². The summed E-state index contributed by atoms with van der Waals surface area (Å²) in [6, 6.07) is -0.261. The van der Waals surface area contributed by atoms with Crippen molar-refractivity contribution < 1.29 is 102 Å². The fourth-order valence-corrected chi connectivity index (χ4v) is 8.46. The molecule has 3 aliphatic rings. The first kappa shape index (κ1) is 47.6. The summed E-state index contributed by atoms with van der Waals surface area (Å²) in [5.74, 6) is -0.865. The molecule has 0 aliphatic carbocycles. The van der Waals surface area contributed by atoms with Crippen LogP contribution in [0.3, 0.4) is 0 Å². The minimum absolute atomic E-state index is 0.134. The number of aliphatic hydroxyl groups excluding tert-OH is 9. The van der Waals surface area contributed by atoms with E-state index in [9.17, 15) is 74.5 Å². The highest BCUT2D eigenvalue weighted by atomic mass is 31.2. The Morgan fingerprint density at radius 1 is 1.02 bits per heavy atom. The Morgan fingerprint density at radius 3 is 2.26 bits per heavy atom. The van der Waals surface area contributed by atoms with E-state index < -0.39 is 164 Å². The zero-order valence-corrected chi connectivity index (χ0v) is 32.3. The molecule has 0 saturated carbocycles. The number of carbonyl (C=O) groups is 1. The van der Waals surface area contributed by atoms with Crippen LogP contribution in [0.4, 0.5) is 5.82 Å². The van der Waals surface area contributed by atoms with Crippen LogP contribution in [0.5, 0.6) is 0 Å². The maximum atomic E-state index is 13.4. The molecule has 14 N–H and O–H groups in total. The van der Waals surface area contributed by atoms with Crippen molar-refractivity contribution in [1.82, 2.24) is 14.9 Å². The number of amides is 1. The molecule has 17 atom stereocenters. The second kappa shape index (κ2) is 19.5. The minimum atomic E-state index is -5.25. The number of nitrogens with zero attached hydrogens (tertiary/aromatic N) is 2. The van der Waals surface area contributed by atoms with Crippen molar-refractivity contribution >= 4 is 27.1 Å². The molecule has 0 radical (unpaired) electrons. The number of hydrogen-bond donors (Lipinski definition) is 13. The average Bonchev–Trinajstić information content (AvgIpc) is 3.43. The van der Waals surface area contributed by atoms with Gasteiger partial charge in [-0.2, -0.15) is 4.98 Å². The van der Waals surface area contributed by atoms with Crippen molar-refractivity contribution in [2.75, 3.05) is 45.4 Å². The van der Waals surface area contributed by atoms with Gasteiger partial charge >= 0.3 is 21.1 Å². The largest absolute Gasteiger partial charge is 0.472 e. The Labute approximate surface area is 323 Å². The summed E-state index contributed by atoms with van der Waals surface area (Å²) in [7, 11) is -8.97. The number of phosphoric acid groups is 1. The lowest BCUT2D eigenvalue weighted by molar-refractivity contribution is -0.293. The highest BCUT2D eigenvalue weighted by Gasteiger charge is 2.53. The Balaban J connectivity index is 1.52. The van der Waals surface area contributed by atoms with E-state index >= 15 is 0 Å². The molecule has 3 fully saturated rings. The SMILES string of the molecule is CO[C@@H]1O[C@H](COP(=O)(O)OC[C@]2(CCP(=O)(O)OC[C@H]3O[C@@H](n4ccc(N)nc4=O)[C@H](O)[C@@H]3O)C[C@H](O)[C@@H](NC(C)=O)[C@H]([C@H](O)[C@H](O)CO)O2)[C@H](O)[C@H](O)[C@H]1O. The van der Waals surface area contributed by atoms with Crippen LogP contribution in [0.15, 0.2) is 17.1 Å². The molecule has 1 aromatic heterocycles. The first-order chi connectivity index (χ1) is 26.5. The number of aromatic nitrogens is 2. The molecule has 3 saturated heterocycles. The summed E-state index contributed by atoms with van der Waals surface area (Å²) in [5, 5.41) is 95.6. The lowest BCUT2D eigenvalue weighted by Gasteiger charge is -2.49. The van der Waals surface area contributed by atoms with E-state index in [4.69, 9.17) is 38.3 Å². The molecule has 3 aliphatic heterocycles. The lowest BCUT2D eigenvalue weighted by Crippen LogP contribution is -2.66. The number of ether oxygens (including phenoxy) is 4. The molecule has 0 aromatic carbocycles. The molecule has 4 heterocycles.